The van der Waals surface area contributed by atoms with Gasteiger partial charge in [0.05, 0.1) is 0 Å². The first kappa shape index (κ1) is 35.7. The summed E-state index contributed by atoms with van der Waals surface area (Å²) in [7, 11) is 0. The Morgan fingerprint density at radius 3 is 1.68 bits per heavy atom. The summed E-state index contributed by atoms with van der Waals surface area (Å²) in [6.07, 6.45) is 30.2. The normalized spacial score (nSPS) is 28.9. The largest absolute Gasteiger partial charge is 0.0818 e. The summed E-state index contributed by atoms with van der Waals surface area (Å²) in [5.74, 6) is 5.49. The van der Waals surface area contributed by atoms with Gasteiger partial charge in [0.15, 0.2) is 0 Å². The molecule has 2 aliphatic carbocycles. The van der Waals surface area contributed by atoms with Gasteiger partial charge in [0, 0.05) is 0 Å². The smallest absolute Gasteiger partial charge is 0.0164 e. The van der Waals surface area contributed by atoms with Gasteiger partial charge in [0.2, 0.25) is 0 Å². The van der Waals surface area contributed by atoms with Crippen molar-refractivity contribution >= 4 is 0 Å². The van der Waals surface area contributed by atoms with Crippen molar-refractivity contribution in [3.8, 4) is 0 Å². The van der Waals surface area contributed by atoms with E-state index in [1.807, 2.05) is 0 Å². The molecule has 234 valence electrons. The van der Waals surface area contributed by atoms with Gasteiger partial charge >= 0.3 is 0 Å². The van der Waals surface area contributed by atoms with E-state index in [1.54, 1.807) is 11.1 Å². The Morgan fingerprint density at radius 2 is 1.12 bits per heavy atom. The van der Waals surface area contributed by atoms with Crippen molar-refractivity contribution in [2.24, 2.45) is 46.3 Å². The first-order valence-corrected chi connectivity index (χ1v) is 18.1. The third kappa shape index (κ3) is 12.8. The molecular formula is C40H74. The summed E-state index contributed by atoms with van der Waals surface area (Å²) in [5, 5.41) is 0. The van der Waals surface area contributed by atoms with E-state index < -0.39 is 0 Å². The van der Waals surface area contributed by atoms with Gasteiger partial charge in [-0.2, -0.15) is 0 Å². The number of hydrogen-bond donors (Lipinski definition) is 0. The molecule has 0 aliphatic heterocycles. The molecule has 2 rings (SSSR count). The van der Waals surface area contributed by atoms with Crippen LogP contribution in [0.4, 0.5) is 0 Å². The minimum absolute atomic E-state index is 0.537. The molecule has 0 aromatic rings. The van der Waals surface area contributed by atoms with Crippen molar-refractivity contribution in [3.63, 3.8) is 0 Å². The number of hydrogen-bond acceptors (Lipinski definition) is 0. The van der Waals surface area contributed by atoms with Crippen LogP contribution in [-0.4, -0.2) is 0 Å². The maximum absolute atomic E-state index is 2.54. The summed E-state index contributed by atoms with van der Waals surface area (Å²) >= 11 is 0. The van der Waals surface area contributed by atoms with Crippen LogP contribution in [0.5, 0.6) is 0 Å². The third-order valence-electron chi connectivity index (χ3n) is 12.0. The van der Waals surface area contributed by atoms with Crippen molar-refractivity contribution in [1.82, 2.24) is 0 Å². The van der Waals surface area contributed by atoms with Crippen molar-refractivity contribution in [2.75, 3.05) is 0 Å². The lowest BCUT2D eigenvalue weighted by Gasteiger charge is -2.43. The molecule has 0 nitrogen and oxygen atoms in total. The summed E-state index contributed by atoms with van der Waals surface area (Å²) < 4.78 is 0. The van der Waals surface area contributed by atoms with Crippen LogP contribution >= 0.6 is 0 Å². The third-order valence-corrected chi connectivity index (χ3v) is 12.0. The lowest BCUT2D eigenvalue weighted by molar-refractivity contribution is 0.0706. The molecule has 0 spiro atoms. The fourth-order valence-electron chi connectivity index (χ4n) is 8.94. The number of unbranched alkanes of at least 4 members (excludes halogenated alkanes) is 1. The molecule has 0 amide bonds. The van der Waals surface area contributed by atoms with Crippen molar-refractivity contribution in [2.45, 2.75) is 185 Å². The Bertz CT molecular complexity index is 748. The lowest BCUT2D eigenvalue weighted by atomic mass is 9.62. The summed E-state index contributed by atoms with van der Waals surface area (Å²) in [5.41, 5.74) is 4.31. The van der Waals surface area contributed by atoms with E-state index in [4.69, 9.17) is 0 Å². The molecule has 0 saturated heterocycles. The van der Waals surface area contributed by atoms with E-state index >= 15 is 0 Å². The maximum atomic E-state index is 2.54. The van der Waals surface area contributed by atoms with Crippen LogP contribution in [0.25, 0.3) is 0 Å². The van der Waals surface area contributed by atoms with Crippen LogP contribution in [0.15, 0.2) is 23.3 Å². The minimum atomic E-state index is 0.537. The van der Waals surface area contributed by atoms with E-state index in [1.165, 1.54) is 109 Å². The zero-order chi connectivity index (χ0) is 29.8. The first-order valence-electron chi connectivity index (χ1n) is 18.1. The maximum Gasteiger partial charge on any atom is -0.0164 e. The zero-order valence-corrected chi connectivity index (χ0v) is 29.3. The van der Waals surface area contributed by atoms with Crippen LogP contribution in [0, 0.1) is 46.3 Å². The van der Waals surface area contributed by atoms with Gasteiger partial charge in [0.1, 0.15) is 0 Å². The predicted molar refractivity (Wildman–Crippen MR) is 182 cm³/mol. The first-order chi connectivity index (χ1) is 18.8. The standard InChI is InChI=1S/C40H74/c1-31(19-13-21-33(3)25-27-37-35(5)23-15-29-39(37,7)8)17-11-12-18-32(2)20-14-22-34(4)26-28-38-36(6)24-16-30-40(38,9)10/h19,21,32,34-38H,11-18,20,22-30H2,1-10H3/b31-19+,33-21+/t32?,34-,35+,36-,37-,38+/m0/s1. The molecule has 0 aromatic carbocycles. The molecule has 0 aromatic heterocycles. The molecule has 0 radical (unpaired) electrons. The van der Waals surface area contributed by atoms with Crippen LogP contribution in [-0.2, 0) is 0 Å². The molecular weight excluding hydrogens is 480 g/mol. The molecule has 1 unspecified atom stereocenters. The van der Waals surface area contributed by atoms with E-state index in [0.717, 1.165) is 41.9 Å². The quantitative estimate of drug-likeness (QED) is 0.124. The lowest BCUT2D eigenvalue weighted by Crippen LogP contribution is -2.33. The van der Waals surface area contributed by atoms with E-state index in [9.17, 15) is 0 Å². The highest BCUT2D eigenvalue weighted by Crippen LogP contribution is 2.47. The van der Waals surface area contributed by atoms with Crippen LogP contribution in [0.3, 0.4) is 0 Å². The zero-order valence-electron chi connectivity index (χ0n) is 29.3. The second-order valence-corrected chi connectivity index (χ2v) is 16.8. The second kappa shape index (κ2) is 17.6. The average molecular weight is 555 g/mol. The highest BCUT2D eigenvalue weighted by atomic mass is 14.4. The Hall–Kier alpha value is -0.520. The van der Waals surface area contributed by atoms with Crippen LogP contribution < -0.4 is 0 Å². The van der Waals surface area contributed by atoms with Gasteiger partial charge in [0.25, 0.3) is 0 Å². The molecule has 6 atom stereocenters. The molecule has 0 bridgehead atoms. The van der Waals surface area contributed by atoms with Gasteiger partial charge < -0.3 is 0 Å². The summed E-state index contributed by atoms with van der Waals surface area (Å²) in [6, 6.07) is 0. The Labute approximate surface area is 254 Å². The summed E-state index contributed by atoms with van der Waals surface area (Å²) in [4.78, 5) is 0. The molecule has 2 saturated carbocycles. The van der Waals surface area contributed by atoms with Gasteiger partial charge in [-0.15, -0.1) is 0 Å². The Balaban J connectivity index is 1.53. The topological polar surface area (TPSA) is 0 Å². The molecule has 2 aliphatic rings. The minimum Gasteiger partial charge on any atom is -0.0818 e. The highest BCUT2D eigenvalue weighted by molar-refractivity contribution is 5.07. The van der Waals surface area contributed by atoms with E-state index in [-0.39, 0.29) is 0 Å². The molecule has 2 fully saturated rings. The molecule has 40 heavy (non-hydrogen) atoms. The number of allylic oxidation sites excluding steroid dienone is 4. The predicted octanol–water partition coefficient (Wildman–Crippen LogP) is 13.8. The van der Waals surface area contributed by atoms with Gasteiger partial charge in [-0.3, -0.25) is 0 Å². The van der Waals surface area contributed by atoms with Gasteiger partial charge in [-0.05, 0) is 112 Å². The summed E-state index contributed by atoms with van der Waals surface area (Å²) in [6.45, 7) is 24.9. The molecule has 0 heterocycles. The fourth-order valence-corrected chi connectivity index (χ4v) is 8.94. The molecule has 0 N–H and O–H groups in total. The average Bonchev–Trinajstić information content (AvgIpc) is 2.85. The van der Waals surface area contributed by atoms with E-state index in [2.05, 4.69) is 81.4 Å². The highest BCUT2D eigenvalue weighted by Gasteiger charge is 2.37. The molecule has 0 heteroatoms. The van der Waals surface area contributed by atoms with Crippen LogP contribution in [0.1, 0.15) is 185 Å². The van der Waals surface area contributed by atoms with Crippen molar-refractivity contribution in [3.05, 3.63) is 23.3 Å². The van der Waals surface area contributed by atoms with E-state index in [0.29, 0.717) is 10.8 Å². The van der Waals surface area contributed by atoms with Gasteiger partial charge in [-0.25, -0.2) is 0 Å². The van der Waals surface area contributed by atoms with Crippen LogP contribution in [0.2, 0.25) is 0 Å². The van der Waals surface area contributed by atoms with Crippen molar-refractivity contribution in [1.29, 1.82) is 0 Å². The Kier molecular flexibility index (Phi) is 15.7. The Morgan fingerprint density at radius 1 is 0.650 bits per heavy atom. The number of rotatable bonds is 17. The fraction of sp³-hybridized carbons (Fsp3) is 0.900. The second-order valence-electron chi connectivity index (χ2n) is 16.8. The van der Waals surface area contributed by atoms with Gasteiger partial charge in [-0.1, -0.05) is 143 Å². The van der Waals surface area contributed by atoms with Crippen molar-refractivity contribution < 1.29 is 0 Å². The SMILES string of the molecule is C/C(=C\C/C=C(\C)CC[C@H]1[C@H](C)CCCC1(C)C)CCCCC(C)CCC[C@H](C)CC[C@@H]1[C@@H](C)CCCC1(C)C. The monoisotopic (exact) mass is 555 g/mol.